The Kier molecular flexibility index (Phi) is 8.65. The van der Waals surface area contributed by atoms with Crippen LogP contribution in [-0.4, -0.2) is 76.2 Å². The second-order valence-corrected chi connectivity index (χ2v) is 10.9. The highest BCUT2D eigenvalue weighted by Crippen LogP contribution is 2.29. The number of alkyl carbamates (subject to hydrolysis) is 1. The largest absolute Gasteiger partial charge is 0.453 e. The molecule has 0 saturated carbocycles. The molecule has 1 saturated heterocycles. The molecule has 1 fully saturated rings. The molecule has 36 heavy (non-hydrogen) atoms. The highest BCUT2D eigenvalue weighted by molar-refractivity contribution is 9.10. The lowest BCUT2D eigenvalue weighted by atomic mass is 10.0. The molecule has 0 aliphatic carbocycles. The second-order valence-electron chi connectivity index (χ2n) is 10.0. The van der Waals surface area contributed by atoms with E-state index in [9.17, 15) is 14.4 Å². The first-order valence-corrected chi connectivity index (χ1v) is 12.6. The Bertz CT molecular complexity index is 1080. The molecule has 1 aromatic heterocycles. The van der Waals surface area contributed by atoms with E-state index in [0.29, 0.717) is 12.4 Å². The summed E-state index contributed by atoms with van der Waals surface area (Å²) in [6.45, 7) is 9.87. The number of aromatic nitrogens is 2. The predicted molar refractivity (Wildman–Crippen MR) is 138 cm³/mol. The first kappa shape index (κ1) is 27.5. The fourth-order valence-corrected chi connectivity index (χ4v) is 4.20. The van der Waals surface area contributed by atoms with Gasteiger partial charge in [0.15, 0.2) is 0 Å². The minimum atomic E-state index is -0.797. The van der Waals surface area contributed by atoms with E-state index in [4.69, 9.17) is 9.47 Å². The molecule has 2 heterocycles. The molecular formula is C25H34BrN5O5. The summed E-state index contributed by atoms with van der Waals surface area (Å²) < 4.78 is 11.3. The summed E-state index contributed by atoms with van der Waals surface area (Å²) >= 11 is 3.44. The van der Waals surface area contributed by atoms with Crippen molar-refractivity contribution < 1.29 is 23.9 Å². The van der Waals surface area contributed by atoms with Crippen molar-refractivity contribution in [3.8, 4) is 11.3 Å². The Hall–Kier alpha value is -3.08. The zero-order valence-electron chi connectivity index (χ0n) is 21.5. The zero-order valence-corrected chi connectivity index (χ0v) is 23.1. The van der Waals surface area contributed by atoms with Gasteiger partial charge in [0, 0.05) is 17.6 Å². The van der Waals surface area contributed by atoms with Crippen LogP contribution in [0.15, 0.2) is 34.9 Å². The number of halogens is 1. The molecule has 2 N–H and O–H groups in total. The van der Waals surface area contributed by atoms with E-state index in [2.05, 4.69) is 31.2 Å². The summed E-state index contributed by atoms with van der Waals surface area (Å²) in [4.78, 5) is 49.6. The normalized spacial score (nSPS) is 17.1. The number of imidazole rings is 1. The number of benzene rings is 1. The maximum absolute atomic E-state index is 13.7. The van der Waals surface area contributed by atoms with Gasteiger partial charge in [-0.05, 0) is 44.4 Å². The Balaban J connectivity index is 1.93. The van der Waals surface area contributed by atoms with Crippen LogP contribution in [0.3, 0.4) is 0 Å². The van der Waals surface area contributed by atoms with Gasteiger partial charge in [0.2, 0.25) is 5.91 Å². The van der Waals surface area contributed by atoms with Crippen LogP contribution >= 0.6 is 15.9 Å². The smallest absolute Gasteiger partial charge is 0.410 e. The van der Waals surface area contributed by atoms with Gasteiger partial charge in [-0.1, -0.05) is 41.9 Å². The van der Waals surface area contributed by atoms with Gasteiger partial charge in [0.25, 0.3) is 0 Å². The number of hydrogen-bond donors (Lipinski definition) is 2. The average molecular weight is 564 g/mol. The van der Waals surface area contributed by atoms with Crippen LogP contribution in [0.25, 0.3) is 11.3 Å². The van der Waals surface area contributed by atoms with Crippen LogP contribution in [0.1, 0.15) is 46.5 Å². The van der Waals surface area contributed by atoms with Gasteiger partial charge >= 0.3 is 12.2 Å². The van der Waals surface area contributed by atoms with Gasteiger partial charge in [-0.25, -0.2) is 14.6 Å². The van der Waals surface area contributed by atoms with Crippen molar-refractivity contribution in [2.24, 2.45) is 5.92 Å². The van der Waals surface area contributed by atoms with Crippen LogP contribution in [-0.2, 0) is 14.3 Å². The van der Waals surface area contributed by atoms with E-state index in [0.717, 1.165) is 15.7 Å². The topological polar surface area (TPSA) is 117 Å². The van der Waals surface area contributed by atoms with Crippen molar-refractivity contribution in [2.45, 2.75) is 52.3 Å². The molecule has 0 bridgehead atoms. The number of hydrogen-bond acceptors (Lipinski definition) is 6. The van der Waals surface area contributed by atoms with Gasteiger partial charge in [0.1, 0.15) is 23.5 Å². The van der Waals surface area contributed by atoms with Crippen LogP contribution in [0.5, 0.6) is 0 Å². The highest BCUT2D eigenvalue weighted by atomic mass is 79.9. The van der Waals surface area contributed by atoms with E-state index in [1.807, 2.05) is 58.9 Å². The van der Waals surface area contributed by atoms with Gasteiger partial charge in [-0.2, -0.15) is 0 Å². The third-order valence-corrected chi connectivity index (χ3v) is 6.30. The summed E-state index contributed by atoms with van der Waals surface area (Å²) in [7, 11) is 1.26. The lowest BCUT2D eigenvalue weighted by molar-refractivity contribution is -0.140. The van der Waals surface area contributed by atoms with Crippen molar-refractivity contribution >= 4 is 34.0 Å². The fourth-order valence-electron chi connectivity index (χ4n) is 3.93. The van der Waals surface area contributed by atoms with E-state index < -0.39 is 29.9 Å². The lowest BCUT2D eigenvalue weighted by Crippen LogP contribution is -2.58. The average Bonchev–Trinajstić information content (AvgIpc) is 3.31. The van der Waals surface area contributed by atoms with E-state index in [-0.39, 0.29) is 24.9 Å². The number of carbonyl (C=O) groups excluding carboxylic acids is 3. The van der Waals surface area contributed by atoms with E-state index in [1.165, 1.54) is 7.11 Å². The number of rotatable bonds is 5. The van der Waals surface area contributed by atoms with E-state index in [1.54, 1.807) is 16.0 Å². The third-order valence-electron chi connectivity index (χ3n) is 5.77. The molecule has 2 aromatic rings. The Morgan fingerprint density at radius 2 is 1.83 bits per heavy atom. The quantitative estimate of drug-likeness (QED) is 0.558. The molecule has 0 radical (unpaired) electrons. The fraction of sp³-hybridized carbons (Fsp3) is 0.520. The van der Waals surface area contributed by atoms with Crippen molar-refractivity contribution in [3.63, 3.8) is 0 Å². The molecule has 1 aromatic carbocycles. The highest BCUT2D eigenvalue weighted by Gasteiger charge is 2.40. The molecule has 196 valence electrons. The Labute approximate surface area is 219 Å². The predicted octanol–water partition coefficient (Wildman–Crippen LogP) is 4.34. The number of H-pyrrole nitrogens is 1. The first-order valence-electron chi connectivity index (χ1n) is 11.8. The van der Waals surface area contributed by atoms with Gasteiger partial charge in [-0.3, -0.25) is 4.79 Å². The minimum absolute atomic E-state index is 0.184. The molecule has 10 nitrogen and oxygen atoms in total. The van der Waals surface area contributed by atoms with Gasteiger partial charge in [-0.15, -0.1) is 0 Å². The molecule has 1 aliphatic heterocycles. The number of carbonyl (C=O) groups is 3. The number of nitrogens with zero attached hydrogens (tertiary/aromatic N) is 3. The third kappa shape index (κ3) is 6.77. The molecule has 0 unspecified atom stereocenters. The molecule has 2 atom stereocenters. The minimum Gasteiger partial charge on any atom is -0.453 e. The van der Waals surface area contributed by atoms with Crippen LogP contribution in [0.4, 0.5) is 9.59 Å². The molecular weight excluding hydrogens is 530 g/mol. The molecule has 1 aliphatic rings. The first-order chi connectivity index (χ1) is 16.9. The Morgan fingerprint density at radius 3 is 2.42 bits per heavy atom. The summed E-state index contributed by atoms with van der Waals surface area (Å²) in [5.74, 6) is 0.0806. The van der Waals surface area contributed by atoms with Gasteiger partial charge < -0.3 is 29.6 Å². The van der Waals surface area contributed by atoms with Gasteiger partial charge in [0.05, 0.1) is 25.5 Å². The molecule has 3 rings (SSSR count). The lowest BCUT2D eigenvalue weighted by Gasteiger charge is -2.42. The van der Waals surface area contributed by atoms with Crippen molar-refractivity contribution in [1.82, 2.24) is 25.1 Å². The number of nitrogens with one attached hydrogen (secondary N) is 2. The molecule has 3 amide bonds. The molecule has 0 spiro atoms. The number of methoxy groups -OCH3 is 1. The van der Waals surface area contributed by atoms with Crippen LogP contribution < -0.4 is 5.32 Å². The summed E-state index contributed by atoms with van der Waals surface area (Å²) in [5, 5.41) is 2.64. The van der Waals surface area contributed by atoms with Crippen LogP contribution in [0.2, 0.25) is 0 Å². The number of aromatic amines is 1. The van der Waals surface area contributed by atoms with Crippen molar-refractivity contribution in [3.05, 3.63) is 40.8 Å². The Morgan fingerprint density at radius 1 is 1.17 bits per heavy atom. The summed E-state index contributed by atoms with van der Waals surface area (Å²) in [6.07, 6.45) is 0.578. The maximum atomic E-state index is 13.7. The summed E-state index contributed by atoms with van der Waals surface area (Å²) in [5.41, 5.74) is 1.07. The summed E-state index contributed by atoms with van der Waals surface area (Å²) in [6, 6.07) is 6.41. The number of amides is 3. The van der Waals surface area contributed by atoms with Crippen molar-refractivity contribution in [2.75, 3.05) is 26.7 Å². The number of ether oxygens (including phenoxy) is 2. The number of piperazine rings is 1. The standard InChI is InChI=1S/C25H34BrN5O5/c1-15(2)20(29-23(33)35-6)22(32)31-12-11-30(24(34)36-25(3,4)5)14-19(31)21-27-13-18(28-21)16-7-9-17(26)10-8-16/h7-10,13,15,19-20H,11-12,14H2,1-6H3,(H,27,28)(H,29,33)/t19-,20-/m0/s1. The van der Waals surface area contributed by atoms with Crippen molar-refractivity contribution in [1.29, 1.82) is 0 Å². The zero-order chi connectivity index (χ0) is 26.6. The molecule has 11 heteroatoms. The van der Waals surface area contributed by atoms with E-state index >= 15 is 0 Å². The monoisotopic (exact) mass is 563 g/mol. The maximum Gasteiger partial charge on any atom is 0.410 e. The second kappa shape index (κ2) is 11.3. The SMILES string of the molecule is COC(=O)N[C@H](C(=O)N1CCN(C(=O)OC(C)(C)C)C[C@H]1c1ncc(-c2ccc(Br)cc2)[nH]1)C(C)C. The van der Waals surface area contributed by atoms with Crippen LogP contribution in [0, 0.1) is 5.92 Å².